The minimum Gasteiger partial charge on any atom is -0.494 e. The van der Waals surface area contributed by atoms with E-state index in [9.17, 15) is 14.0 Å². The van der Waals surface area contributed by atoms with Gasteiger partial charge in [0.15, 0.2) is 5.78 Å². The summed E-state index contributed by atoms with van der Waals surface area (Å²) in [6.45, 7) is 1.91. The van der Waals surface area contributed by atoms with Crippen molar-refractivity contribution in [2.24, 2.45) is 0 Å². The van der Waals surface area contributed by atoms with Crippen molar-refractivity contribution < 1.29 is 18.7 Å². The van der Waals surface area contributed by atoms with Gasteiger partial charge in [0.25, 0.3) is 0 Å². The summed E-state index contributed by atoms with van der Waals surface area (Å²) in [6, 6.07) is 22.6. The van der Waals surface area contributed by atoms with Gasteiger partial charge in [-0.3, -0.25) is 9.59 Å². The van der Waals surface area contributed by atoms with E-state index in [-0.39, 0.29) is 23.5 Å². The largest absolute Gasteiger partial charge is 0.494 e. The number of nitrogens with zero attached hydrogens (tertiary/aromatic N) is 1. The van der Waals surface area contributed by atoms with Gasteiger partial charge in [-0.25, -0.2) is 4.39 Å². The SMILES string of the molecule is CC(=O)c1ccc(OCCCC(=O)N(C)C(c2ccccc2)c2ccc(F)cc2)cc1. The Kier molecular flexibility index (Phi) is 7.55. The average molecular weight is 419 g/mol. The highest BCUT2D eigenvalue weighted by atomic mass is 19.1. The first-order valence-corrected chi connectivity index (χ1v) is 10.3. The molecule has 4 nitrogen and oxygen atoms in total. The molecule has 0 bridgehead atoms. The van der Waals surface area contributed by atoms with Crippen molar-refractivity contribution in [2.45, 2.75) is 25.8 Å². The van der Waals surface area contributed by atoms with Crippen LogP contribution in [0.15, 0.2) is 78.9 Å². The quantitative estimate of drug-likeness (QED) is 0.343. The van der Waals surface area contributed by atoms with Gasteiger partial charge in [0, 0.05) is 19.0 Å². The van der Waals surface area contributed by atoms with Gasteiger partial charge in [-0.1, -0.05) is 42.5 Å². The number of ketones is 1. The molecule has 0 saturated heterocycles. The Morgan fingerprint density at radius 2 is 1.52 bits per heavy atom. The van der Waals surface area contributed by atoms with Crippen LogP contribution in [0.3, 0.4) is 0 Å². The van der Waals surface area contributed by atoms with Crippen molar-refractivity contribution in [1.29, 1.82) is 0 Å². The molecule has 1 unspecified atom stereocenters. The van der Waals surface area contributed by atoms with Gasteiger partial charge in [-0.2, -0.15) is 0 Å². The number of ether oxygens (including phenoxy) is 1. The molecule has 0 aromatic heterocycles. The van der Waals surface area contributed by atoms with Gasteiger partial charge in [0.2, 0.25) is 5.91 Å². The van der Waals surface area contributed by atoms with Crippen LogP contribution in [0.4, 0.5) is 4.39 Å². The number of Topliss-reactive ketones (excluding diaryl/α,β-unsaturated/α-hetero) is 1. The number of hydrogen-bond donors (Lipinski definition) is 0. The molecule has 5 heteroatoms. The lowest BCUT2D eigenvalue weighted by molar-refractivity contribution is -0.131. The van der Waals surface area contributed by atoms with Crippen LogP contribution in [0.1, 0.15) is 47.3 Å². The smallest absolute Gasteiger partial charge is 0.223 e. The Balaban J connectivity index is 1.60. The summed E-state index contributed by atoms with van der Waals surface area (Å²) in [5, 5.41) is 0. The minimum absolute atomic E-state index is 0.00862. The van der Waals surface area contributed by atoms with Crippen LogP contribution in [0.5, 0.6) is 5.75 Å². The van der Waals surface area contributed by atoms with E-state index in [1.165, 1.54) is 19.1 Å². The van der Waals surface area contributed by atoms with E-state index in [0.717, 1.165) is 11.1 Å². The van der Waals surface area contributed by atoms with Crippen molar-refractivity contribution in [3.63, 3.8) is 0 Å². The number of carbonyl (C=O) groups is 2. The predicted molar refractivity (Wildman–Crippen MR) is 119 cm³/mol. The zero-order valence-corrected chi connectivity index (χ0v) is 17.8. The normalized spacial score (nSPS) is 11.6. The molecule has 3 aromatic carbocycles. The van der Waals surface area contributed by atoms with Crippen LogP contribution < -0.4 is 4.74 Å². The Hall–Kier alpha value is -3.47. The molecule has 160 valence electrons. The van der Waals surface area contributed by atoms with E-state index >= 15 is 0 Å². The van der Waals surface area contributed by atoms with Crippen LogP contribution in [0.25, 0.3) is 0 Å². The fraction of sp³-hybridized carbons (Fsp3) is 0.231. The Morgan fingerprint density at radius 1 is 0.903 bits per heavy atom. The summed E-state index contributed by atoms with van der Waals surface area (Å²) >= 11 is 0. The van der Waals surface area contributed by atoms with Crippen molar-refractivity contribution in [1.82, 2.24) is 4.90 Å². The third-order valence-corrected chi connectivity index (χ3v) is 5.15. The Labute approximate surface area is 182 Å². The van der Waals surface area contributed by atoms with Gasteiger partial charge in [0.05, 0.1) is 12.6 Å². The van der Waals surface area contributed by atoms with E-state index in [0.29, 0.717) is 30.8 Å². The van der Waals surface area contributed by atoms with Crippen LogP contribution >= 0.6 is 0 Å². The molecule has 0 heterocycles. The zero-order valence-electron chi connectivity index (χ0n) is 17.8. The molecule has 3 aromatic rings. The van der Waals surface area contributed by atoms with E-state index < -0.39 is 0 Å². The van der Waals surface area contributed by atoms with E-state index in [1.807, 2.05) is 30.3 Å². The average Bonchev–Trinajstić information content (AvgIpc) is 2.79. The van der Waals surface area contributed by atoms with E-state index in [4.69, 9.17) is 4.74 Å². The van der Waals surface area contributed by atoms with E-state index in [2.05, 4.69) is 0 Å². The second kappa shape index (κ2) is 10.5. The van der Waals surface area contributed by atoms with Gasteiger partial charge in [0.1, 0.15) is 11.6 Å². The Bertz CT molecular complexity index is 1000. The van der Waals surface area contributed by atoms with Crippen LogP contribution in [0, 0.1) is 5.82 Å². The molecular formula is C26H26FNO3. The first kappa shape index (κ1) is 22.2. The number of rotatable bonds is 9. The highest BCUT2D eigenvalue weighted by Gasteiger charge is 2.23. The number of hydrogen-bond acceptors (Lipinski definition) is 3. The third-order valence-electron chi connectivity index (χ3n) is 5.15. The van der Waals surface area contributed by atoms with Crippen LogP contribution in [-0.2, 0) is 4.79 Å². The molecule has 0 fully saturated rings. The molecule has 0 aliphatic heterocycles. The molecular weight excluding hydrogens is 393 g/mol. The minimum atomic E-state index is -0.307. The molecule has 0 radical (unpaired) electrons. The van der Waals surface area contributed by atoms with Crippen molar-refractivity contribution in [3.8, 4) is 5.75 Å². The van der Waals surface area contributed by atoms with Crippen LogP contribution in [-0.4, -0.2) is 30.2 Å². The van der Waals surface area contributed by atoms with E-state index in [1.54, 1.807) is 48.3 Å². The first-order valence-electron chi connectivity index (χ1n) is 10.3. The Morgan fingerprint density at radius 3 is 2.13 bits per heavy atom. The predicted octanol–water partition coefficient (Wildman–Crippen LogP) is 5.44. The molecule has 1 atom stereocenters. The molecule has 31 heavy (non-hydrogen) atoms. The summed E-state index contributed by atoms with van der Waals surface area (Å²) in [6.07, 6.45) is 0.884. The maximum Gasteiger partial charge on any atom is 0.223 e. The lowest BCUT2D eigenvalue weighted by atomic mass is 9.97. The monoisotopic (exact) mass is 419 g/mol. The van der Waals surface area contributed by atoms with Crippen LogP contribution in [0.2, 0.25) is 0 Å². The van der Waals surface area contributed by atoms with Gasteiger partial charge >= 0.3 is 0 Å². The first-order chi connectivity index (χ1) is 15.0. The summed E-state index contributed by atoms with van der Waals surface area (Å²) in [4.78, 5) is 25.9. The highest BCUT2D eigenvalue weighted by molar-refractivity contribution is 5.94. The second-order valence-corrected chi connectivity index (χ2v) is 7.40. The molecule has 1 amide bonds. The number of halogens is 1. The van der Waals surface area contributed by atoms with Crippen molar-refractivity contribution in [3.05, 3.63) is 101 Å². The number of benzene rings is 3. The summed E-state index contributed by atoms with van der Waals surface area (Å²) in [5.41, 5.74) is 2.45. The fourth-order valence-electron chi connectivity index (χ4n) is 3.44. The third kappa shape index (κ3) is 6.01. The van der Waals surface area contributed by atoms with Gasteiger partial charge in [-0.05, 0) is 60.9 Å². The summed E-state index contributed by atoms with van der Waals surface area (Å²) in [5.74, 6) is 0.348. The molecule has 0 aliphatic rings. The molecule has 0 saturated carbocycles. The second-order valence-electron chi connectivity index (χ2n) is 7.40. The standard InChI is InChI=1S/C26H26FNO3/c1-19(29)20-12-16-24(17-13-20)31-18-6-9-25(30)28(2)26(21-7-4-3-5-8-21)22-10-14-23(27)15-11-22/h3-5,7-8,10-17,26H,6,9,18H2,1-2H3. The highest BCUT2D eigenvalue weighted by Crippen LogP contribution is 2.28. The topological polar surface area (TPSA) is 46.6 Å². The van der Waals surface area contributed by atoms with Gasteiger partial charge < -0.3 is 9.64 Å². The zero-order chi connectivity index (χ0) is 22.2. The molecule has 0 spiro atoms. The van der Waals surface area contributed by atoms with Crippen molar-refractivity contribution >= 4 is 11.7 Å². The summed E-state index contributed by atoms with van der Waals surface area (Å²) < 4.78 is 19.1. The van der Waals surface area contributed by atoms with Crippen molar-refractivity contribution in [2.75, 3.05) is 13.7 Å². The maximum absolute atomic E-state index is 13.4. The molecule has 0 aliphatic carbocycles. The summed E-state index contributed by atoms with van der Waals surface area (Å²) in [7, 11) is 1.77. The number of amides is 1. The lowest BCUT2D eigenvalue weighted by Gasteiger charge is -2.29. The fourth-order valence-corrected chi connectivity index (χ4v) is 3.44. The number of carbonyl (C=O) groups excluding carboxylic acids is 2. The molecule has 0 N–H and O–H groups in total. The van der Waals surface area contributed by atoms with Gasteiger partial charge in [-0.15, -0.1) is 0 Å². The maximum atomic E-state index is 13.4. The molecule has 3 rings (SSSR count). The lowest BCUT2D eigenvalue weighted by Crippen LogP contribution is -2.32.